The first-order valence-electron chi connectivity index (χ1n) is 5.67. The third-order valence-corrected chi connectivity index (χ3v) is 2.73. The minimum absolute atomic E-state index is 0.419. The molecule has 2 rings (SSSR count). The van der Waals surface area contributed by atoms with Gasteiger partial charge in [0.15, 0.2) is 0 Å². The summed E-state index contributed by atoms with van der Waals surface area (Å²) in [5.41, 5.74) is 2.45. The molecule has 0 bridgehead atoms. The van der Waals surface area contributed by atoms with Crippen LogP contribution in [0, 0.1) is 18.3 Å². The number of hydrogen-bond acceptors (Lipinski definition) is 4. The van der Waals surface area contributed by atoms with Crippen molar-refractivity contribution in [2.75, 3.05) is 20.3 Å². The maximum atomic E-state index is 9.14. The number of hydrogen-bond donors (Lipinski definition) is 0. The lowest BCUT2D eigenvalue weighted by Gasteiger charge is -2.09. The Morgan fingerprint density at radius 2 is 2.17 bits per heavy atom. The number of rotatable bonds is 4. The summed E-state index contributed by atoms with van der Waals surface area (Å²) < 4.78 is 10.4. The second kappa shape index (κ2) is 5.48. The van der Waals surface area contributed by atoms with E-state index in [1.807, 2.05) is 19.1 Å². The van der Waals surface area contributed by atoms with E-state index in [9.17, 15) is 0 Å². The molecule has 0 spiro atoms. The van der Waals surface area contributed by atoms with Crippen LogP contribution in [0.15, 0.2) is 24.4 Å². The van der Waals surface area contributed by atoms with Crippen molar-refractivity contribution in [1.82, 2.24) is 4.98 Å². The van der Waals surface area contributed by atoms with Crippen LogP contribution in [0.5, 0.6) is 5.75 Å². The Kier molecular flexibility index (Phi) is 3.75. The fourth-order valence-electron chi connectivity index (χ4n) is 1.75. The zero-order valence-electron chi connectivity index (χ0n) is 10.4. The van der Waals surface area contributed by atoms with Crippen LogP contribution in [0.4, 0.5) is 0 Å². The molecule has 0 atom stereocenters. The van der Waals surface area contributed by atoms with Crippen LogP contribution in [0.2, 0.25) is 0 Å². The highest BCUT2D eigenvalue weighted by molar-refractivity contribution is 5.85. The van der Waals surface area contributed by atoms with Gasteiger partial charge in [-0.2, -0.15) is 5.26 Å². The fourth-order valence-corrected chi connectivity index (χ4v) is 1.75. The van der Waals surface area contributed by atoms with Crippen LogP contribution in [-0.4, -0.2) is 25.3 Å². The predicted molar refractivity (Wildman–Crippen MR) is 68.6 cm³/mol. The maximum Gasteiger partial charge on any atom is 0.139 e. The van der Waals surface area contributed by atoms with Crippen molar-refractivity contribution < 1.29 is 9.47 Å². The summed E-state index contributed by atoms with van der Waals surface area (Å²) >= 11 is 0. The zero-order chi connectivity index (χ0) is 13.0. The Bertz CT molecular complexity index is 603. The molecule has 0 radical (unpaired) electrons. The Hall–Kier alpha value is -2.12. The summed E-state index contributed by atoms with van der Waals surface area (Å²) in [6, 6.07) is 7.70. The van der Waals surface area contributed by atoms with Crippen molar-refractivity contribution in [2.45, 2.75) is 6.92 Å². The van der Waals surface area contributed by atoms with Crippen LogP contribution in [0.1, 0.15) is 11.1 Å². The van der Waals surface area contributed by atoms with Crippen molar-refractivity contribution in [1.29, 1.82) is 5.26 Å². The standard InChI is InChI=1S/C14H14N2O2/c1-10-3-4-16-13-8-14(18-6-5-17-2)11(9-15)7-12(10)13/h3-4,7-8H,5-6H2,1-2H3. The van der Waals surface area contributed by atoms with Gasteiger partial charge in [-0.15, -0.1) is 0 Å². The molecule has 0 aliphatic rings. The van der Waals surface area contributed by atoms with Crippen LogP contribution in [0.3, 0.4) is 0 Å². The van der Waals surface area contributed by atoms with Gasteiger partial charge in [-0.25, -0.2) is 0 Å². The number of nitriles is 1. The molecule has 0 N–H and O–H groups in total. The van der Waals surface area contributed by atoms with E-state index in [0.29, 0.717) is 24.5 Å². The van der Waals surface area contributed by atoms with E-state index in [2.05, 4.69) is 11.1 Å². The Balaban J connectivity index is 2.44. The molecule has 18 heavy (non-hydrogen) atoms. The minimum atomic E-state index is 0.419. The molecule has 2 aromatic rings. The highest BCUT2D eigenvalue weighted by Crippen LogP contribution is 2.26. The van der Waals surface area contributed by atoms with E-state index in [4.69, 9.17) is 14.7 Å². The van der Waals surface area contributed by atoms with Gasteiger partial charge in [-0.1, -0.05) is 0 Å². The first kappa shape index (κ1) is 12.3. The zero-order valence-corrected chi connectivity index (χ0v) is 10.4. The molecule has 0 amide bonds. The molecule has 4 heteroatoms. The number of methoxy groups -OCH3 is 1. The molecule has 0 fully saturated rings. The number of aryl methyl sites for hydroxylation is 1. The van der Waals surface area contributed by atoms with Crippen molar-refractivity contribution >= 4 is 10.9 Å². The average Bonchev–Trinajstić information content (AvgIpc) is 2.39. The molecular formula is C14H14N2O2. The number of pyridine rings is 1. The molecule has 0 aliphatic carbocycles. The molecule has 0 unspecified atom stereocenters. The third-order valence-electron chi connectivity index (χ3n) is 2.73. The molecule has 1 aromatic heterocycles. The lowest BCUT2D eigenvalue weighted by molar-refractivity contribution is 0.146. The van der Waals surface area contributed by atoms with Crippen LogP contribution in [0.25, 0.3) is 10.9 Å². The third kappa shape index (κ3) is 2.41. The largest absolute Gasteiger partial charge is 0.490 e. The molecule has 0 saturated carbocycles. The molecule has 0 aliphatic heterocycles. The SMILES string of the molecule is COCCOc1cc2nccc(C)c2cc1C#N. The lowest BCUT2D eigenvalue weighted by atomic mass is 10.1. The monoisotopic (exact) mass is 242 g/mol. The topological polar surface area (TPSA) is 55.1 Å². The van der Waals surface area contributed by atoms with Crippen molar-refractivity contribution in [3.8, 4) is 11.8 Å². The molecule has 1 aromatic carbocycles. The number of nitrogens with zero attached hydrogens (tertiary/aromatic N) is 2. The Morgan fingerprint density at radius 3 is 2.89 bits per heavy atom. The minimum Gasteiger partial charge on any atom is -0.490 e. The second-order valence-corrected chi connectivity index (χ2v) is 3.95. The summed E-state index contributed by atoms with van der Waals surface area (Å²) in [6.07, 6.45) is 1.75. The van der Waals surface area contributed by atoms with Crippen molar-refractivity contribution in [2.24, 2.45) is 0 Å². The summed E-state index contributed by atoms with van der Waals surface area (Å²) in [5.74, 6) is 0.556. The van der Waals surface area contributed by atoms with Gasteiger partial charge in [0, 0.05) is 24.8 Å². The van der Waals surface area contributed by atoms with Gasteiger partial charge in [0.05, 0.1) is 17.7 Å². The average molecular weight is 242 g/mol. The van der Waals surface area contributed by atoms with Crippen molar-refractivity contribution in [3.05, 3.63) is 35.5 Å². The van der Waals surface area contributed by atoms with Gasteiger partial charge < -0.3 is 9.47 Å². The van der Waals surface area contributed by atoms with Gasteiger partial charge in [0.1, 0.15) is 18.4 Å². The van der Waals surface area contributed by atoms with Gasteiger partial charge in [0.25, 0.3) is 0 Å². The van der Waals surface area contributed by atoms with E-state index in [1.54, 1.807) is 19.4 Å². The molecule has 4 nitrogen and oxygen atoms in total. The van der Waals surface area contributed by atoms with E-state index in [0.717, 1.165) is 16.5 Å². The van der Waals surface area contributed by atoms with Crippen LogP contribution in [-0.2, 0) is 4.74 Å². The fraction of sp³-hybridized carbons (Fsp3) is 0.286. The highest BCUT2D eigenvalue weighted by Gasteiger charge is 2.08. The molecule has 1 heterocycles. The van der Waals surface area contributed by atoms with E-state index < -0.39 is 0 Å². The Labute approximate surface area is 106 Å². The first-order chi connectivity index (χ1) is 8.76. The number of fused-ring (bicyclic) bond motifs is 1. The van der Waals surface area contributed by atoms with Crippen LogP contribution >= 0.6 is 0 Å². The number of aromatic nitrogens is 1. The van der Waals surface area contributed by atoms with Gasteiger partial charge in [-0.3, -0.25) is 4.98 Å². The summed E-state index contributed by atoms with van der Waals surface area (Å²) in [4.78, 5) is 4.29. The quantitative estimate of drug-likeness (QED) is 0.773. The summed E-state index contributed by atoms with van der Waals surface area (Å²) in [5, 5.41) is 10.1. The summed E-state index contributed by atoms with van der Waals surface area (Å²) in [7, 11) is 1.61. The normalized spacial score (nSPS) is 10.3. The lowest BCUT2D eigenvalue weighted by Crippen LogP contribution is -2.05. The summed E-state index contributed by atoms with van der Waals surface area (Å²) in [6.45, 7) is 2.91. The van der Waals surface area contributed by atoms with E-state index in [-0.39, 0.29) is 0 Å². The number of benzene rings is 1. The maximum absolute atomic E-state index is 9.14. The molecule has 0 saturated heterocycles. The van der Waals surface area contributed by atoms with Gasteiger partial charge in [-0.05, 0) is 24.6 Å². The molecular weight excluding hydrogens is 228 g/mol. The number of ether oxygens (including phenoxy) is 2. The van der Waals surface area contributed by atoms with Crippen molar-refractivity contribution in [3.63, 3.8) is 0 Å². The van der Waals surface area contributed by atoms with Gasteiger partial charge in [0.2, 0.25) is 0 Å². The van der Waals surface area contributed by atoms with Crippen LogP contribution < -0.4 is 4.74 Å². The second-order valence-electron chi connectivity index (χ2n) is 3.95. The van der Waals surface area contributed by atoms with Gasteiger partial charge >= 0.3 is 0 Å². The predicted octanol–water partition coefficient (Wildman–Crippen LogP) is 2.44. The Morgan fingerprint density at radius 1 is 1.33 bits per heavy atom. The first-order valence-corrected chi connectivity index (χ1v) is 5.67. The van der Waals surface area contributed by atoms with E-state index >= 15 is 0 Å². The van der Waals surface area contributed by atoms with E-state index in [1.165, 1.54) is 0 Å². The smallest absolute Gasteiger partial charge is 0.139 e. The molecule has 92 valence electrons. The highest BCUT2D eigenvalue weighted by atomic mass is 16.5.